The first-order valence-electron chi connectivity index (χ1n) is 8.87. The van der Waals surface area contributed by atoms with Crippen LogP contribution in [0.15, 0.2) is 64.9 Å². The van der Waals surface area contributed by atoms with Crippen LogP contribution in [-0.4, -0.2) is 37.6 Å². The molecule has 0 aromatic heterocycles. The van der Waals surface area contributed by atoms with Gasteiger partial charge >= 0.3 is 6.18 Å². The number of hydrazone groups is 1. The van der Waals surface area contributed by atoms with Crippen LogP contribution in [0.1, 0.15) is 24.0 Å². The van der Waals surface area contributed by atoms with Crippen molar-refractivity contribution in [3.8, 4) is 0 Å². The van der Waals surface area contributed by atoms with Crippen molar-refractivity contribution in [2.45, 2.75) is 19.0 Å². The molecule has 4 nitrogen and oxygen atoms in total. The van der Waals surface area contributed by atoms with Crippen molar-refractivity contribution in [2.75, 3.05) is 20.6 Å². The van der Waals surface area contributed by atoms with Crippen LogP contribution in [-0.2, 0) is 6.18 Å². The highest BCUT2D eigenvalue weighted by atomic mass is 19.4. The third-order valence-electron chi connectivity index (χ3n) is 4.46. The smallest absolute Gasteiger partial charge is 0.401 e. The normalized spacial score (nSPS) is 16.1. The number of nitrogens with two attached hydrogens (primary N) is 1. The van der Waals surface area contributed by atoms with Gasteiger partial charge in [0.05, 0.1) is 24.0 Å². The monoisotopic (exact) mass is 390 g/mol. The first kappa shape index (κ1) is 21.5. The number of halogens is 3. The van der Waals surface area contributed by atoms with Gasteiger partial charge in [0.2, 0.25) is 0 Å². The predicted octanol–water partition coefficient (Wildman–Crippen LogP) is 4.52. The number of nitrogens with zero attached hydrogens (tertiary/aromatic N) is 3. The van der Waals surface area contributed by atoms with Gasteiger partial charge < -0.3 is 5.73 Å². The fourth-order valence-electron chi connectivity index (χ4n) is 2.68. The third-order valence-corrected chi connectivity index (χ3v) is 4.46. The molecule has 1 aliphatic rings. The molecular weight excluding hydrogens is 365 g/mol. The Morgan fingerprint density at radius 3 is 2.36 bits per heavy atom. The number of alkyl halides is 3. The summed E-state index contributed by atoms with van der Waals surface area (Å²) in [6.45, 7) is 8.07. The minimum atomic E-state index is -4.35. The summed E-state index contributed by atoms with van der Waals surface area (Å²) >= 11 is 0. The molecule has 0 spiro atoms. The Hall–Kier alpha value is -2.83. The number of likely N-dealkylation sites (N-methyl/N-ethyl adjacent to an activating group) is 1. The average Bonchev–Trinajstić information content (AvgIpc) is 3.49. The minimum absolute atomic E-state index is 0.352. The molecule has 1 aromatic rings. The predicted molar refractivity (Wildman–Crippen MR) is 109 cm³/mol. The van der Waals surface area contributed by atoms with Crippen LogP contribution in [0, 0.1) is 5.92 Å². The van der Waals surface area contributed by atoms with E-state index in [-0.39, 0.29) is 0 Å². The molecule has 0 atom stereocenters. The van der Waals surface area contributed by atoms with E-state index in [1.54, 1.807) is 31.4 Å². The molecule has 1 aromatic carbocycles. The topological polar surface area (TPSA) is 54.0 Å². The molecule has 1 saturated carbocycles. The Kier molecular flexibility index (Phi) is 6.83. The molecule has 0 aliphatic heterocycles. The van der Waals surface area contributed by atoms with Gasteiger partial charge in [0, 0.05) is 25.4 Å². The lowest BCUT2D eigenvalue weighted by molar-refractivity contribution is -0.137. The SMILES string of the molecule is C=CC(=NC)C(/C=N\N(C)CC(=C)c1ccc(C(F)(F)F)cc1)=C(N)C1CC1. The molecule has 1 fully saturated rings. The van der Waals surface area contributed by atoms with Gasteiger partial charge in [-0.05, 0) is 48.1 Å². The van der Waals surface area contributed by atoms with Crippen molar-refractivity contribution in [2.24, 2.45) is 21.7 Å². The second kappa shape index (κ2) is 8.91. The van der Waals surface area contributed by atoms with Crippen LogP contribution in [0.3, 0.4) is 0 Å². The van der Waals surface area contributed by atoms with E-state index in [2.05, 4.69) is 23.3 Å². The fraction of sp³-hybridized carbons (Fsp3) is 0.333. The molecule has 0 radical (unpaired) electrons. The van der Waals surface area contributed by atoms with Gasteiger partial charge in [-0.3, -0.25) is 10.0 Å². The van der Waals surface area contributed by atoms with Crippen molar-refractivity contribution < 1.29 is 13.2 Å². The molecule has 0 unspecified atom stereocenters. The van der Waals surface area contributed by atoms with E-state index in [1.165, 1.54) is 12.1 Å². The first-order chi connectivity index (χ1) is 13.2. The Bertz CT molecular complexity index is 813. The van der Waals surface area contributed by atoms with E-state index < -0.39 is 11.7 Å². The van der Waals surface area contributed by atoms with Gasteiger partial charge in [-0.1, -0.05) is 25.3 Å². The molecule has 28 heavy (non-hydrogen) atoms. The number of allylic oxidation sites excluding steroid dienone is 3. The van der Waals surface area contributed by atoms with Crippen LogP contribution in [0.4, 0.5) is 13.2 Å². The average molecular weight is 390 g/mol. The molecule has 0 bridgehead atoms. The molecule has 2 rings (SSSR count). The second-order valence-electron chi connectivity index (χ2n) is 6.70. The largest absolute Gasteiger partial charge is 0.416 e. The molecule has 0 amide bonds. The lowest BCUT2D eigenvalue weighted by Crippen LogP contribution is -2.17. The molecule has 7 heteroatoms. The third kappa shape index (κ3) is 5.58. The van der Waals surface area contributed by atoms with Gasteiger partial charge in [0.15, 0.2) is 0 Å². The molecule has 0 heterocycles. The zero-order valence-electron chi connectivity index (χ0n) is 16.1. The molecule has 1 aliphatic carbocycles. The second-order valence-corrected chi connectivity index (χ2v) is 6.70. The lowest BCUT2D eigenvalue weighted by atomic mass is 10.1. The Labute approximate surface area is 163 Å². The standard InChI is InChI=1S/C21H25F3N4/c1-5-19(26-3)18(20(25)16-6-7-16)12-27-28(4)13-14(2)15-8-10-17(11-9-15)21(22,23)24/h5,8-12,16H,1-2,6-7,13,25H2,3-4H3/b20-18?,26-19?,27-12-. The zero-order chi connectivity index (χ0) is 20.9. The first-order valence-corrected chi connectivity index (χ1v) is 8.87. The Balaban J connectivity index is 2.09. The quantitative estimate of drug-likeness (QED) is 0.524. The van der Waals surface area contributed by atoms with E-state index in [1.807, 2.05) is 0 Å². The maximum atomic E-state index is 12.7. The summed E-state index contributed by atoms with van der Waals surface area (Å²) in [5, 5.41) is 6.05. The van der Waals surface area contributed by atoms with Gasteiger partial charge in [-0.15, -0.1) is 0 Å². The van der Waals surface area contributed by atoms with Crippen molar-refractivity contribution in [1.29, 1.82) is 0 Å². The van der Waals surface area contributed by atoms with Crippen LogP contribution < -0.4 is 5.73 Å². The van der Waals surface area contributed by atoms with Crippen LogP contribution in [0.2, 0.25) is 0 Å². The van der Waals surface area contributed by atoms with E-state index in [0.717, 1.165) is 36.2 Å². The van der Waals surface area contributed by atoms with Crippen molar-refractivity contribution in [3.05, 3.63) is 65.9 Å². The van der Waals surface area contributed by atoms with Crippen LogP contribution >= 0.6 is 0 Å². The van der Waals surface area contributed by atoms with Gasteiger partial charge in [0.25, 0.3) is 0 Å². The van der Waals surface area contributed by atoms with Gasteiger partial charge in [-0.25, -0.2) is 0 Å². The number of rotatable bonds is 8. The highest BCUT2D eigenvalue weighted by Gasteiger charge is 2.30. The minimum Gasteiger partial charge on any atom is -0.401 e. The van der Waals surface area contributed by atoms with Crippen molar-refractivity contribution in [1.82, 2.24) is 5.01 Å². The molecular formula is C21H25F3N4. The highest BCUT2D eigenvalue weighted by molar-refractivity contribution is 6.21. The fourth-order valence-corrected chi connectivity index (χ4v) is 2.68. The van der Waals surface area contributed by atoms with E-state index in [9.17, 15) is 13.2 Å². The summed E-state index contributed by atoms with van der Waals surface area (Å²) < 4.78 is 38.0. The van der Waals surface area contributed by atoms with E-state index in [0.29, 0.717) is 29.3 Å². The lowest BCUT2D eigenvalue weighted by Gasteiger charge is -2.16. The maximum absolute atomic E-state index is 12.7. The number of aliphatic imine (C=N–C) groups is 1. The van der Waals surface area contributed by atoms with Gasteiger partial charge in [-0.2, -0.15) is 18.3 Å². The zero-order valence-corrected chi connectivity index (χ0v) is 16.1. The van der Waals surface area contributed by atoms with E-state index >= 15 is 0 Å². The molecule has 0 saturated heterocycles. The van der Waals surface area contributed by atoms with E-state index in [4.69, 9.17) is 5.73 Å². The molecule has 150 valence electrons. The van der Waals surface area contributed by atoms with Gasteiger partial charge in [0.1, 0.15) is 0 Å². The van der Waals surface area contributed by atoms with Crippen molar-refractivity contribution in [3.63, 3.8) is 0 Å². The summed E-state index contributed by atoms with van der Waals surface area (Å²) in [7, 11) is 3.43. The summed E-state index contributed by atoms with van der Waals surface area (Å²) in [4.78, 5) is 4.19. The summed E-state index contributed by atoms with van der Waals surface area (Å²) in [5.41, 5.74) is 9.00. The molecule has 2 N–H and O–H groups in total. The number of hydrogen-bond donors (Lipinski definition) is 1. The number of benzene rings is 1. The Morgan fingerprint density at radius 1 is 1.29 bits per heavy atom. The maximum Gasteiger partial charge on any atom is 0.416 e. The summed E-state index contributed by atoms with van der Waals surface area (Å²) in [5.74, 6) is 0.352. The number of hydrogen-bond acceptors (Lipinski definition) is 4. The summed E-state index contributed by atoms with van der Waals surface area (Å²) in [6.07, 6.45) is 1.04. The Morgan fingerprint density at radius 2 is 1.89 bits per heavy atom. The van der Waals surface area contributed by atoms with Crippen LogP contribution in [0.5, 0.6) is 0 Å². The highest BCUT2D eigenvalue weighted by Crippen LogP contribution is 2.35. The van der Waals surface area contributed by atoms with Crippen LogP contribution in [0.25, 0.3) is 5.57 Å². The van der Waals surface area contributed by atoms with Crippen molar-refractivity contribution >= 4 is 17.5 Å². The summed E-state index contributed by atoms with van der Waals surface area (Å²) in [6, 6.07) is 4.93.